The Kier molecular flexibility index (Phi) is 3.80. The predicted molar refractivity (Wildman–Crippen MR) is 94.4 cm³/mol. The van der Waals surface area contributed by atoms with Gasteiger partial charge in [-0.05, 0) is 25.1 Å². The van der Waals surface area contributed by atoms with Gasteiger partial charge in [0.1, 0.15) is 0 Å². The lowest BCUT2D eigenvalue weighted by molar-refractivity contribution is 0.0996. The fourth-order valence-electron chi connectivity index (χ4n) is 2.94. The number of H-pyrrole nitrogens is 1. The van der Waals surface area contributed by atoms with Gasteiger partial charge in [-0.15, -0.1) is 0 Å². The molecule has 8 nitrogen and oxygen atoms in total. The lowest BCUT2D eigenvalue weighted by atomic mass is 10.1. The molecule has 26 heavy (non-hydrogen) atoms. The molecule has 1 aliphatic rings. The summed E-state index contributed by atoms with van der Waals surface area (Å²) in [5.74, 6) is 1.43. The van der Waals surface area contributed by atoms with Gasteiger partial charge in [0, 0.05) is 23.5 Å². The third-order valence-electron chi connectivity index (χ3n) is 4.25. The standard InChI is InChI=1S/C18H17N5O3/c1-10-6-16(22-21-10)23-9-14-12(18(23)24)4-5-13(20-14)11-7-15(25-2)17(26-3)19-8-11/h4-8H,9H2,1-3H3,(H,21,22). The number of nitrogens with one attached hydrogen (secondary N) is 1. The fraction of sp³-hybridized carbons (Fsp3) is 0.222. The van der Waals surface area contributed by atoms with Crippen LogP contribution in [0.25, 0.3) is 11.3 Å². The molecule has 1 amide bonds. The van der Waals surface area contributed by atoms with Gasteiger partial charge < -0.3 is 9.47 Å². The van der Waals surface area contributed by atoms with Gasteiger partial charge in [0.25, 0.3) is 11.8 Å². The average Bonchev–Trinajstić information content (AvgIpc) is 3.24. The number of carbonyl (C=O) groups excluding carboxylic acids is 1. The number of methoxy groups -OCH3 is 2. The third-order valence-corrected chi connectivity index (χ3v) is 4.25. The highest BCUT2D eigenvalue weighted by molar-refractivity contribution is 6.09. The maximum Gasteiger partial charge on any atom is 0.261 e. The number of nitrogens with zero attached hydrogens (tertiary/aromatic N) is 4. The number of amides is 1. The van der Waals surface area contributed by atoms with Crippen LogP contribution in [0.3, 0.4) is 0 Å². The number of fused-ring (bicyclic) bond motifs is 1. The summed E-state index contributed by atoms with van der Waals surface area (Å²) in [6.07, 6.45) is 1.67. The van der Waals surface area contributed by atoms with Crippen LogP contribution >= 0.6 is 0 Å². The second-order valence-electron chi connectivity index (χ2n) is 5.93. The fourth-order valence-corrected chi connectivity index (χ4v) is 2.94. The number of hydrogen-bond acceptors (Lipinski definition) is 6. The van der Waals surface area contributed by atoms with E-state index in [9.17, 15) is 4.79 Å². The molecule has 0 atom stereocenters. The van der Waals surface area contributed by atoms with E-state index >= 15 is 0 Å². The second kappa shape index (κ2) is 6.14. The monoisotopic (exact) mass is 351 g/mol. The summed E-state index contributed by atoms with van der Waals surface area (Å²) < 4.78 is 10.5. The van der Waals surface area contributed by atoms with Crippen molar-refractivity contribution in [1.82, 2.24) is 20.2 Å². The van der Waals surface area contributed by atoms with Crippen LogP contribution in [-0.2, 0) is 6.54 Å². The summed E-state index contributed by atoms with van der Waals surface area (Å²) in [5, 5.41) is 7.02. The number of ether oxygens (including phenoxy) is 2. The molecule has 0 saturated carbocycles. The van der Waals surface area contributed by atoms with E-state index in [2.05, 4.69) is 20.2 Å². The number of aryl methyl sites for hydroxylation is 1. The van der Waals surface area contributed by atoms with Crippen LogP contribution in [0.4, 0.5) is 5.82 Å². The first-order chi connectivity index (χ1) is 12.6. The lowest BCUT2D eigenvalue weighted by Crippen LogP contribution is -2.23. The first kappa shape index (κ1) is 16.1. The summed E-state index contributed by atoms with van der Waals surface area (Å²) in [7, 11) is 3.09. The Labute approximate surface area is 149 Å². The van der Waals surface area contributed by atoms with Crippen LogP contribution in [0.15, 0.2) is 30.5 Å². The highest BCUT2D eigenvalue weighted by Crippen LogP contribution is 2.32. The molecule has 4 rings (SSSR count). The molecule has 8 heteroatoms. The van der Waals surface area contributed by atoms with Crippen LogP contribution in [0.1, 0.15) is 21.7 Å². The summed E-state index contributed by atoms with van der Waals surface area (Å²) in [6, 6.07) is 7.24. The average molecular weight is 351 g/mol. The van der Waals surface area contributed by atoms with E-state index in [1.807, 2.05) is 19.1 Å². The first-order valence-electron chi connectivity index (χ1n) is 8.03. The number of rotatable bonds is 4. The van der Waals surface area contributed by atoms with Crippen molar-refractivity contribution in [2.75, 3.05) is 19.1 Å². The van der Waals surface area contributed by atoms with Gasteiger partial charge in [-0.1, -0.05) is 0 Å². The Hall–Kier alpha value is -3.42. The minimum absolute atomic E-state index is 0.101. The van der Waals surface area contributed by atoms with Crippen molar-refractivity contribution in [2.24, 2.45) is 0 Å². The van der Waals surface area contributed by atoms with Crippen LogP contribution < -0.4 is 14.4 Å². The largest absolute Gasteiger partial charge is 0.491 e. The Morgan fingerprint density at radius 3 is 2.73 bits per heavy atom. The van der Waals surface area contributed by atoms with Gasteiger partial charge in [-0.3, -0.25) is 19.8 Å². The summed E-state index contributed by atoms with van der Waals surface area (Å²) in [4.78, 5) is 23.1. The molecule has 0 saturated heterocycles. The van der Waals surface area contributed by atoms with E-state index in [4.69, 9.17) is 9.47 Å². The molecule has 3 aromatic heterocycles. The van der Waals surface area contributed by atoms with Crippen molar-refractivity contribution in [1.29, 1.82) is 0 Å². The minimum atomic E-state index is -0.101. The quantitative estimate of drug-likeness (QED) is 0.775. The third kappa shape index (κ3) is 2.55. The van der Waals surface area contributed by atoms with E-state index in [1.165, 1.54) is 7.11 Å². The molecule has 4 heterocycles. The molecule has 132 valence electrons. The van der Waals surface area contributed by atoms with Gasteiger partial charge in [0.15, 0.2) is 11.6 Å². The number of carbonyl (C=O) groups is 1. The van der Waals surface area contributed by atoms with Crippen molar-refractivity contribution >= 4 is 11.7 Å². The number of hydrogen-bond donors (Lipinski definition) is 1. The number of aromatic amines is 1. The Bertz CT molecular complexity index is 998. The van der Waals surface area contributed by atoms with Gasteiger partial charge in [0.05, 0.1) is 37.7 Å². The molecule has 0 fully saturated rings. The minimum Gasteiger partial charge on any atom is -0.491 e. The van der Waals surface area contributed by atoms with Crippen LogP contribution in [0.5, 0.6) is 11.6 Å². The Morgan fingerprint density at radius 2 is 2.04 bits per heavy atom. The molecule has 0 radical (unpaired) electrons. The molecule has 0 unspecified atom stereocenters. The summed E-state index contributed by atoms with van der Waals surface area (Å²) >= 11 is 0. The molecule has 3 aromatic rings. The molecule has 0 aromatic carbocycles. The van der Waals surface area contributed by atoms with Crippen LogP contribution in [0.2, 0.25) is 0 Å². The van der Waals surface area contributed by atoms with E-state index in [1.54, 1.807) is 30.3 Å². The Morgan fingerprint density at radius 1 is 1.19 bits per heavy atom. The highest BCUT2D eigenvalue weighted by atomic mass is 16.5. The zero-order valence-electron chi connectivity index (χ0n) is 14.6. The SMILES string of the molecule is COc1cc(-c2ccc3c(n2)CN(c2cc(C)[nH]n2)C3=O)cnc1OC. The predicted octanol–water partition coefficient (Wildman–Crippen LogP) is 2.35. The molecular formula is C18H17N5O3. The van der Waals surface area contributed by atoms with Crippen molar-refractivity contribution in [3.05, 3.63) is 47.4 Å². The number of aromatic nitrogens is 4. The zero-order valence-corrected chi connectivity index (χ0v) is 14.6. The van der Waals surface area contributed by atoms with Gasteiger partial charge >= 0.3 is 0 Å². The zero-order chi connectivity index (χ0) is 18.3. The highest BCUT2D eigenvalue weighted by Gasteiger charge is 2.31. The van der Waals surface area contributed by atoms with Crippen molar-refractivity contribution in [3.8, 4) is 22.9 Å². The van der Waals surface area contributed by atoms with E-state index in [0.717, 1.165) is 11.3 Å². The number of anilines is 1. The summed E-state index contributed by atoms with van der Waals surface area (Å²) in [6.45, 7) is 2.28. The molecule has 0 bridgehead atoms. The second-order valence-corrected chi connectivity index (χ2v) is 5.93. The topological polar surface area (TPSA) is 93.2 Å². The maximum atomic E-state index is 12.6. The molecule has 1 aliphatic heterocycles. The van der Waals surface area contributed by atoms with Gasteiger partial charge in [-0.2, -0.15) is 5.10 Å². The van der Waals surface area contributed by atoms with E-state index in [-0.39, 0.29) is 5.91 Å². The summed E-state index contributed by atoms with van der Waals surface area (Å²) in [5.41, 5.74) is 3.69. The van der Waals surface area contributed by atoms with Crippen molar-refractivity contribution in [3.63, 3.8) is 0 Å². The normalized spacial score (nSPS) is 13.0. The van der Waals surface area contributed by atoms with Crippen LogP contribution in [0, 0.1) is 6.92 Å². The maximum absolute atomic E-state index is 12.6. The van der Waals surface area contributed by atoms with Gasteiger partial charge in [-0.25, -0.2) is 4.98 Å². The van der Waals surface area contributed by atoms with Gasteiger partial charge in [0.2, 0.25) is 0 Å². The molecule has 0 aliphatic carbocycles. The smallest absolute Gasteiger partial charge is 0.261 e. The molecular weight excluding hydrogens is 334 g/mol. The number of pyridine rings is 2. The molecule has 0 spiro atoms. The van der Waals surface area contributed by atoms with Crippen molar-refractivity contribution in [2.45, 2.75) is 13.5 Å². The van der Waals surface area contributed by atoms with Crippen molar-refractivity contribution < 1.29 is 14.3 Å². The first-order valence-corrected chi connectivity index (χ1v) is 8.03. The molecule has 1 N–H and O–H groups in total. The lowest BCUT2D eigenvalue weighted by Gasteiger charge is -2.10. The van der Waals surface area contributed by atoms with E-state index in [0.29, 0.717) is 40.9 Å². The Balaban J connectivity index is 1.69. The van der Waals surface area contributed by atoms with E-state index < -0.39 is 0 Å². The van der Waals surface area contributed by atoms with Crippen LogP contribution in [-0.4, -0.2) is 40.3 Å².